The minimum Gasteiger partial charge on any atom is -0.368 e. The molecule has 1 aliphatic carbocycles. The third kappa shape index (κ3) is 1.94. The van der Waals surface area contributed by atoms with Gasteiger partial charge in [0.25, 0.3) is 0 Å². The van der Waals surface area contributed by atoms with E-state index in [-0.39, 0.29) is 5.92 Å². The molecular formula is C18H24N2O2. The number of likely N-dealkylation sites (N-methyl/N-ethyl adjacent to an activating group) is 1. The van der Waals surface area contributed by atoms with Gasteiger partial charge in [-0.25, -0.2) is 0 Å². The van der Waals surface area contributed by atoms with Crippen LogP contribution in [0.1, 0.15) is 23.5 Å². The summed E-state index contributed by atoms with van der Waals surface area (Å²) in [5.74, 6) is 0.656. The molecule has 1 fully saturated rings. The Hall–Kier alpha value is -1.36. The van der Waals surface area contributed by atoms with Crippen LogP contribution in [0.25, 0.3) is 10.9 Å². The Kier molecular flexibility index (Phi) is 3.29. The quantitative estimate of drug-likeness (QED) is 0.863. The number of hydrogen-bond acceptors (Lipinski definition) is 3. The summed E-state index contributed by atoms with van der Waals surface area (Å²) in [7, 11) is 5.90. The van der Waals surface area contributed by atoms with Gasteiger partial charge in [-0.15, -0.1) is 0 Å². The second-order valence-corrected chi connectivity index (χ2v) is 6.95. The van der Waals surface area contributed by atoms with E-state index in [0.29, 0.717) is 12.0 Å². The molecule has 22 heavy (non-hydrogen) atoms. The number of nitrogens with zero attached hydrogens (tertiary/aromatic N) is 2. The molecule has 1 aromatic carbocycles. The van der Waals surface area contributed by atoms with Crippen LogP contribution in [0.4, 0.5) is 0 Å². The average Bonchev–Trinajstić information content (AvgIpc) is 2.85. The van der Waals surface area contributed by atoms with Gasteiger partial charge in [0.15, 0.2) is 6.29 Å². The van der Waals surface area contributed by atoms with Gasteiger partial charge in [0, 0.05) is 55.7 Å². The summed E-state index contributed by atoms with van der Waals surface area (Å²) >= 11 is 0. The molecule has 2 heterocycles. The number of likely N-dealkylation sites (tertiary alicyclic amines) is 1. The fourth-order valence-corrected chi connectivity index (χ4v) is 4.66. The van der Waals surface area contributed by atoms with Gasteiger partial charge in [-0.1, -0.05) is 12.1 Å². The van der Waals surface area contributed by atoms with E-state index in [1.807, 2.05) is 0 Å². The van der Waals surface area contributed by atoms with Gasteiger partial charge in [-0.05, 0) is 37.1 Å². The van der Waals surface area contributed by atoms with Gasteiger partial charge in [-0.3, -0.25) is 0 Å². The van der Waals surface area contributed by atoms with E-state index in [0.717, 1.165) is 19.4 Å². The van der Waals surface area contributed by atoms with Crippen LogP contribution < -0.4 is 0 Å². The fraction of sp³-hybridized carbons (Fsp3) is 0.556. The highest BCUT2D eigenvalue weighted by molar-refractivity contribution is 5.89. The fourth-order valence-electron chi connectivity index (χ4n) is 4.66. The number of aromatic nitrogens is 1. The number of rotatable bonds is 2. The van der Waals surface area contributed by atoms with Crippen molar-refractivity contribution < 1.29 is 9.84 Å². The molecule has 4 atom stereocenters. The molecule has 1 aliphatic heterocycles. The number of aryl methyl sites for hydroxylation is 1. The minimum atomic E-state index is -0.667. The summed E-state index contributed by atoms with van der Waals surface area (Å²) in [6.07, 6.45) is 3.72. The lowest BCUT2D eigenvalue weighted by molar-refractivity contribution is -0.132. The number of fused-ring (bicyclic) bond motifs is 2. The van der Waals surface area contributed by atoms with Crippen molar-refractivity contribution in [2.75, 3.05) is 20.7 Å². The molecule has 0 amide bonds. The van der Waals surface area contributed by atoms with Gasteiger partial charge >= 0.3 is 0 Å². The van der Waals surface area contributed by atoms with Gasteiger partial charge in [-0.2, -0.15) is 0 Å². The lowest BCUT2D eigenvalue weighted by Gasteiger charge is -2.46. The van der Waals surface area contributed by atoms with Crippen LogP contribution in [0.5, 0.6) is 0 Å². The molecule has 0 radical (unpaired) electrons. The van der Waals surface area contributed by atoms with E-state index in [2.05, 4.69) is 48.0 Å². The third-order valence-corrected chi connectivity index (χ3v) is 5.71. The topological polar surface area (TPSA) is 37.6 Å². The zero-order valence-electron chi connectivity index (χ0n) is 13.5. The molecule has 1 unspecified atom stereocenters. The predicted octanol–water partition coefficient (Wildman–Crippen LogP) is 2.10. The molecule has 1 aromatic heterocycles. The van der Waals surface area contributed by atoms with Crippen LogP contribution in [0.3, 0.4) is 0 Å². The van der Waals surface area contributed by atoms with Crippen LogP contribution in [-0.2, 0) is 18.2 Å². The van der Waals surface area contributed by atoms with Gasteiger partial charge < -0.3 is 19.3 Å². The maximum Gasteiger partial charge on any atom is 0.158 e. The molecule has 0 saturated carbocycles. The number of aliphatic hydroxyl groups is 1. The largest absolute Gasteiger partial charge is 0.368 e. The van der Waals surface area contributed by atoms with Crippen molar-refractivity contribution in [3.63, 3.8) is 0 Å². The molecule has 2 aromatic rings. The van der Waals surface area contributed by atoms with E-state index in [9.17, 15) is 5.11 Å². The summed E-state index contributed by atoms with van der Waals surface area (Å²) in [5.41, 5.74) is 4.24. The average molecular weight is 300 g/mol. The SMILES string of the molecule is COC(O)[C@@H]1C[C@@H]2c3cccc4c3c(cn4C)C[C@H]2N(C)C1. The second kappa shape index (κ2) is 5.08. The van der Waals surface area contributed by atoms with Crippen molar-refractivity contribution in [1.29, 1.82) is 0 Å². The van der Waals surface area contributed by atoms with Gasteiger partial charge in [0.05, 0.1) is 0 Å². The lowest BCUT2D eigenvalue weighted by atomic mass is 9.72. The standard InChI is InChI=1S/C18H24N2O2/c1-19-9-11-8-16-14(13-5-4-6-15(19)17(11)13)7-12(10-20(16)2)18(21)22-3/h4-6,9,12,14,16,18,21H,7-8,10H2,1-3H3/t12-,14-,16-,18?/m1/s1. The molecule has 0 bridgehead atoms. The Labute approximate surface area is 131 Å². The van der Waals surface area contributed by atoms with Crippen LogP contribution >= 0.6 is 0 Å². The first-order chi connectivity index (χ1) is 10.6. The van der Waals surface area contributed by atoms with Crippen molar-refractivity contribution >= 4 is 10.9 Å². The smallest absolute Gasteiger partial charge is 0.158 e. The summed E-state index contributed by atoms with van der Waals surface area (Å²) in [6, 6.07) is 7.18. The summed E-state index contributed by atoms with van der Waals surface area (Å²) in [4.78, 5) is 2.41. The number of piperidine rings is 1. The monoisotopic (exact) mass is 300 g/mol. The maximum atomic E-state index is 10.1. The first-order valence-electron chi connectivity index (χ1n) is 8.08. The first kappa shape index (κ1) is 14.2. The normalized spacial score (nSPS) is 29.5. The van der Waals surface area contributed by atoms with Crippen molar-refractivity contribution in [3.8, 4) is 0 Å². The number of hydrogen-bond donors (Lipinski definition) is 1. The Balaban J connectivity index is 1.80. The molecule has 1 saturated heterocycles. The second-order valence-electron chi connectivity index (χ2n) is 6.95. The zero-order chi connectivity index (χ0) is 15.4. The van der Waals surface area contributed by atoms with E-state index >= 15 is 0 Å². The molecule has 4 nitrogen and oxygen atoms in total. The number of benzene rings is 1. The third-order valence-electron chi connectivity index (χ3n) is 5.71. The van der Waals surface area contributed by atoms with E-state index < -0.39 is 6.29 Å². The van der Waals surface area contributed by atoms with Gasteiger partial charge in [0.2, 0.25) is 0 Å². The van der Waals surface area contributed by atoms with Crippen molar-refractivity contribution in [3.05, 3.63) is 35.5 Å². The van der Waals surface area contributed by atoms with E-state index in [1.165, 1.54) is 22.0 Å². The van der Waals surface area contributed by atoms with Crippen molar-refractivity contribution in [2.45, 2.75) is 31.1 Å². The molecule has 2 aliphatic rings. The maximum absolute atomic E-state index is 10.1. The number of aliphatic hydroxyl groups excluding tert-OH is 1. The summed E-state index contributed by atoms with van der Waals surface area (Å²) < 4.78 is 7.43. The van der Waals surface area contributed by atoms with Crippen LogP contribution in [0, 0.1) is 5.92 Å². The number of ether oxygens (including phenoxy) is 1. The van der Waals surface area contributed by atoms with E-state index in [1.54, 1.807) is 7.11 Å². The Bertz CT molecular complexity index is 708. The van der Waals surface area contributed by atoms with Crippen LogP contribution in [0.2, 0.25) is 0 Å². The lowest BCUT2D eigenvalue weighted by Crippen LogP contribution is -2.50. The molecule has 1 N–H and O–H groups in total. The van der Waals surface area contributed by atoms with Crippen LogP contribution in [-0.4, -0.2) is 47.6 Å². The van der Waals surface area contributed by atoms with E-state index in [4.69, 9.17) is 4.74 Å². The molecule has 4 rings (SSSR count). The van der Waals surface area contributed by atoms with Crippen molar-refractivity contribution in [1.82, 2.24) is 9.47 Å². The highest BCUT2D eigenvalue weighted by atomic mass is 16.6. The minimum absolute atomic E-state index is 0.178. The summed E-state index contributed by atoms with van der Waals surface area (Å²) in [5, 5.41) is 11.6. The Morgan fingerprint density at radius 3 is 2.91 bits per heavy atom. The first-order valence-corrected chi connectivity index (χ1v) is 8.08. The highest BCUT2D eigenvalue weighted by Crippen LogP contribution is 2.45. The molecular weight excluding hydrogens is 276 g/mol. The molecule has 0 spiro atoms. The molecule has 4 heteroatoms. The highest BCUT2D eigenvalue weighted by Gasteiger charge is 2.41. The Morgan fingerprint density at radius 2 is 2.14 bits per heavy atom. The summed E-state index contributed by atoms with van der Waals surface area (Å²) in [6.45, 7) is 0.897. The van der Waals surface area contributed by atoms with Crippen LogP contribution in [0.15, 0.2) is 24.4 Å². The zero-order valence-corrected chi connectivity index (χ0v) is 13.5. The Morgan fingerprint density at radius 1 is 1.32 bits per heavy atom. The number of methoxy groups -OCH3 is 1. The molecule has 118 valence electrons. The predicted molar refractivity (Wildman–Crippen MR) is 86.9 cm³/mol. The van der Waals surface area contributed by atoms with Crippen molar-refractivity contribution in [2.24, 2.45) is 13.0 Å². The van der Waals surface area contributed by atoms with Gasteiger partial charge in [0.1, 0.15) is 0 Å².